The van der Waals surface area contributed by atoms with Crippen LogP contribution in [-0.4, -0.2) is 7.11 Å². The van der Waals surface area contributed by atoms with Gasteiger partial charge in [0.1, 0.15) is 23.5 Å². The van der Waals surface area contributed by atoms with Gasteiger partial charge in [0.25, 0.3) is 0 Å². The summed E-state index contributed by atoms with van der Waals surface area (Å²) in [4.78, 5) is 0. The van der Waals surface area contributed by atoms with Gasteiger partial charge in [-0.15, -0.1) is 0 Å². The van der Waals surface area contributed by atoms with Crippen LogP contribution in [-0.2, 0) is 0 Å². The zero-order chi connectivity index (χ0) is 11.1. The number of nitrogens with one attached hydrogen (secondary N) is 1. The highest BCUT2D eigenvalue weighted by Crippen LogP contribution is 2.22. The van der Waals surface area contributed by atoms with Gasteiger partial charge in [-0.1, -0.05) is 12.1 Å². The van der Waals surface area contributed by atoms with Gasteiger partial charge in [-0.25, -0.2) is 0 Å². The SMILES string of the molecule is COc1ccccc1NC=C(C#N)C#N. The van der Waals surface area contributed by atoms with Crippen LogP contribution in [0.1, 0.15) is 0 Å². The van der Waals surface area contributed by atoms with Crippen LogP contribution in [0, 0.1) is 22.7 Å². The van der Waals surface area contributed by atoms with Crippen LogP contribution in [0.15, 0.2) is 36.0 Å². The van der Waals surface area contributed by atoms with Crippen molar-refractivity contribution in [1.82, 2.24) is 0 Å². The smallest absolute Gasteiger partial charge is 0.145 e. The fourth-order valence-corrected chi connectivity index (χ4v) is 1.00. The van der Waals surface area contributed by atoms with Gasteiger partial charge in [0.15, 0.2) is 0 Å². The van der Waals surface area contributed by atoms with Gasteiger partial charge in [-0.3, -0.25) is 0 Å². The average molecular weight is 199 g/mol. The van der Waals surface area contributed by atoms with E-state index in [9.17, 15) is 0 Å². The molecule has 1 aromatic carbocycles. The molecule has 74 valence electrons. The van der Waals surface area contributed by atoms with E-state index in [1.54, 1.807) is 31.4 Å². The number of benzene rings is 1. The largest absolute Gasteiger partial charge is 0.495 e. The Labute approximate surface area is 88.0 Å². The quantitative estimate of drug-likeness (QED) is 0.756. The number of methoxy groups -OCH3 is 1. The van der Waals surface area contributed by atoms with Gasteiger partial charge in [0.05, 0.1) is 12.8 Å². The number of hydrogen-bond donors (Lipinski definition) is 1. The van der Waals surface area contributed by atoms with Crippen molar-refractivity contribution in [2.75, 3.05) is 12.4 Å². The van der Waals surface area contributed by atoms with Crippen LogP contribution in [0.5, 0.6) is 5.75 Å². The number of nitrogens with zero attached hydrogens (tertiary/aromatic N) is 2. The highest BCUT2D eigenvalue weighted by atomic mass is 16.5. The second-order valence-electron chi connectivity index (χ2n) is 2.63. The lowest BCUT2D eigenvalue weighted by Gasteiger charge is -2.06. The maximum atomic E-state index is 8.52. The van der Waals surface area contributed by atoms with Gasteiger partial charge in [-0.2, -0.15) is 10.5 Å². The van der Waals surface area contributed by atoms with Crippen molar-refractivity contribution in [3.05, 3.63) is 36.0 Å². The first-order chi connectivity index (χ1) is 7.31. The van der Waals surface area contributed by atoms with Crippen molar-refractivity contribution in [2.24, 2.45) is 0 Å². The number of allylic oxidation sites excluding steroid dienone is 1. The average Bonchev–Trinajstić information content (AvgIpc) is 2.31. The van der Waals surface area contributed by atoms with Crippen molar-refractivity contribution in [3.8, 4) is 17.9 Å². The highest BCUT2D eigenvalue weighted by Gasteiger charge is 1.99. The third-order valence-corrected chi connectivity index (χ3v) is 1.72. The van der Waals surface area contributed by atoms with E-state index in [1.165, 1.54) is 6.20 Å². The molecule has 0 radical (unpaired) electrons. The van der Waals surface area contributed by atoms with E-state index < -0.39 is 0 Å². The Kier molecular flexibility index (Phi) is 3.76. The molecule has 0 aliphatic carbocycles. The van der Waals surface area contributed by atoms with Crippen LogP contribution in [0.2, 0.25) is 0 Å². The molecule has 0 heterocycles. The van der Waals surface area contributed by atoms with Crippen LogP contribution in [0.4, 0.5) is 5.69 Å². The fourth-order valence-electron chi connectivity index (χ4n) is 1.00. The summed E-state index contributed by atoms with van der Waals surface area (Å²) in [5.41, 5.74) is 0.726. The Hall–Kier alpha value is -2.46. The highest BCUT2D eigenvalue weighted by molar-refractivity contribution is 5.59. The van der Waals surface area contributed by atoms with Gasteiger partial charge in [0.2, 0.25) is 0 Å². The minimum atomic E-state index is 0.0147. The molecule has 0 atom stereocenters. The normalized spacial score (nSPS) is 8.20. The number of ether oxygens (including phenoxy) is 1. The van der Waals surface area contributed by atoms with Crippen LogP contribution >= 0.6 is 0 Å². The van der Waals surface area contributed by atoms with Crippen LogP contribution in [0.25, 0.3) is 0 Å². The molecule has 1 N–H and O–H groups in total. The van der Waals surface area contributed by atoms with E-state index >= 15 is 0 Å². The molecule has 0 aromatic heterocycles. The summed E-state index contributed by atoms with van der Waals surface area (Å²) in [6, 6.07) is 10.8. The van der Waals surface area contributed by atoms with E-state index in [4.69, 9.17) is 15.3 Å². The Morgan fingerprint density at radius 1 is 1.33 bits per heavy atom. The van der Waals surface area contributed by atoms with Crippen molar-refractivity contribution in [3.63, 3.8) is 0 Å². The third kappa shape index (κ3) is 2.75. The summed E-state index contributed by atoms with van der Waals surface area (Å²) >= 11 is 0. The summed E-state index contributed by atoms with van der Waals surface area (Å²) in [5.74, 6) is 0.656. The lowest BCUT2D eigenvalue weighted by molar-refractivity contribution is 0.417. The molecule has 0 aliphatic heterocycles. The summed E-state index contributed by atoms with van der Waals surface area (Å²) in [7, 11) is 1.56. The maximum absolute atomic E-state index is 8.52. The summed E-state index contributed by atoms with van der Waals surface area (Å²) in [6.45, 7) is 0. The minimum Gasteiger partial charge on any atom is -0.495 e. The molecule has 0 bridgehead atoms. The third-order valence-electron chi connectivity index (χ3n) is 1.72. The van der Waals surface area contributed by atoms with E-state index in [2.05, 4.69) is 5.32 Å². The predicted octanol–water partition coefficient (Wildman–Crippen LogP) is 2.04. The Bertz CT molecular complexity index is 436. The molecule has 1 rings (SSSR count). The van der Waals surface area contributed by atoms with Crippen LogP contribution < -0.4 is 10.1 Å². The molecular weight excluding hydrogens is 190 g/mol. The Morgan fingerprint density at radius 3 is 2.60 bits per heavy atom. The number of anilines is 1. The zero-order valence-corrected chi connectivity index (χ0v) is 8.19. The zero-order valence-electron chi connectivity index (χ0n) is 8.19. The van der Waals surface area contributed by atoms with E-state index in [1.807, 2.05) is 12.1 Å². The van der Waals surface area contributed by atoms with Crippen molar-refractivity contribution >= 4 is 5.69 Å². The summed E-state index contributed by atoms with van der Waals surface area (Å²) in [6.07, 6.45) is 1.35. The Morgan fingerprint density at radius 2 is 2.00 bits per heavy atom. The molecule has 0 saturated carbocycles. The lowest BCUT2D eigenvalue weighted by Crippen LogP contribution is -1.93. The number of rotatable bonds is 3. The molecular formula is C11H9N3O. The topological polar surface area (TPSA) is 68.8 Å². The summed E-state index contributed by atoms with van der Waals surface area (Å²) < 4.78 is 5.09. The van der Waals surface area contributed by atoms with E-state index in [-0.39, 0.29) is 5.57 Å². The molecule has 0 fully saturated rings. The van der Waals surface area contributed by atoms with Gasteiger partial charge in [-0.05, 0) is 12.1 Å². The molecule has 4 nitrogen and oxygen atoms in total. The standard InChI is InChI=1S/C11H9N3O/c1-15-11-5-3-2-4-10(11)14-8-9(6-12)7-13/h2-5,8,14H,1H3. The monoisotopic (exact) mass is 199 g/mol. The minimum absolute atomic E-state index is 0.0147. The van der Waals surface area contributed by atoms with E-state index in [0.717, 1.165) is 0 Å². The van der Waals surface area contributed by atoms with Gasteiger partial charge in [0, 0.05) is 6.20 Å². The molecule has 0 saturated heterocycles. The predicted molar refractivity (Wildman–Crippen MR) is 55.9 cm³/mol. The van der Waals surface area contributed by atoms with Crippen LogP contribution in [0.3, 0.4) is 0 Å². The molecule has 0 spiro atoms. The molecule has 0 unspecified atom stereocenters. The summed E-state index contributed by atoms with van der Waals surface area (Å²) in [5, 5.41) is 19.9. The first-order valence-corrected chi connectivity index (χ1v) is 4.21. The fraction of sp³-hybridized carbons (Fsp3) is 0.0909. The van der Waals surface area contributed by atoms with Crippen molar-refractivity contribution in [2.45, 2.75) is 0 Å². The molecule has 1 aromatic rings. The number of nitriles is 2. The molecule has 15 heavy (non-hydrogen) atoms. The lowest BCUT2D eigenvalue weighted by atomic mass is 10.3. The first kappa shape index (κ1) is 10.6. The molecule has 4 heteroatoms. The second kappa shape index (κ2) is 5.31. The molecule has 0 aliphatic rings. The molecule has 0 amide bonds. The van der Waals surface area contributed by atoms with Gasteiger partial charge < -0.3 is 10.1 Å². The number of hydrogen-bond acceptors (Lipinski definition) is 4. The Balaban J connectivity index is 2.87. The first-order valence-electron chi connectivity index (χ1n) is 4.21. The van der Waals surface area contributed by atoms with Crippen molar-refractivity contribution in [1.29, 1.82) is 10.5 Å². The van der Waals surface area contributed by atoms with E-state index in [0.29, 0.717) is 11.4 Å². The van der Waals surface area contributed by atoms with Crippen molar-refractivity contribution < 1.29 is 4.74 Å². The maximum Gasteiger partial charge on any atom is 0.145 e. The van der Waals surface area contributed by atoms with Gasteiger partial charge >= 0.3 is 0 Å². The second-order valence-corrected chi connectivity index (χ2v) is 2.63. The number of para-hydroxylation sites is 2.